The summed E-state index contributed by atoms with van der Waals surface area (Å²) in [6.07, 6.45) is -0.848. The van der Waals surface area contributed by atoms with E-state index in [1.807, 2.05) is 0 Å². The van der Waals surface area contributed by atoms with Gasteiger partial charge in [-0.15, -0.1) is 0 Å². The van der Waals surface area contributed by atoms with E-state index in [2.05, 4.69) is 4.72 Å². The van der Waals surface area contributed by atoms with Gasteiger partial charge in [0.25, 0.3) is 5.69 Å². The van der Waals surface area contributed by atoms with Crippen LogP contribution in [0.15, 0.2) is 24.3 Å². The van der Waals surface area contributed by atoms with Crippen molar-refractivity contribution in [1.29, 1.82) is 0 Å². The average Bonchev–Trinajstić information content (AvgIpc) is 2.52. The van der Waals surface area contributed by atoms with Crippen LogP contribution in [0.2, 0.25) is 0 Å². The quantitative estimate of drug-likeness (QED) is 0.338. The third-order valence-electron chi connectivity index (χ3n) is 3.73. The fourth-order valence-electron chi connectivity index (χ4n) is 2.30. The zero-order valence-electron chi connectivity index (χ0n) is 17.7. The number of nitrogens with one attached hydrogen (secondary N) is 1. The van der Waals surface area contributed by atoms with E-state index in [1.165, 1.54) is 24.3 Å². The lowest BCUT2D eigenvalue weighted by molar-refractivity contribution is -0.384. The van der Waals surface area contributed by atoms with Crippen molar-refractivity contribution in [2.24, 2.45) is 0 Å². The van der Waals surface area contributed by atoms with Gasteiger partial charge >= 0.3 is 7.60 Å². The SMILES string of the molecule is CC(C)OP(=O)(OC(C)C)[C@@](C)(NS(=O)C(C)(C)C)c1ccc([N+](=O)[O-])cc1. The highest BCUT2D eigenvalue weighted by atomic mass is 32.2. The summed E-state index contributed by atoms with van der Waals surface area (Å²) in [7, 11) is -5.53. The summed E-state index contributed by atoms with van der Waals surface area (Å²) in [5, 5.41) is 9.50. The Hall–Kier alpha value is -1.12. The molecule has 0 bridgehead atoms. The highest BCUT2D eigenvalue weighted by molar-refractivity contribution is 7.84. The molecule has 1 aromatic rings. The van der Waals surface area contributed by atoms with Crippen LogP contribution in [0, 0.1) is 10.1 Å². The van der Waals surface area contributed by atoms with E-state index in [1.54, 1.807) is 55.4 Å². The number of hydrogen-bond acceptors (Lipinski definition) is 6. The van der Waals surface area contributed by atoms with E-state index in [9.17, 15) is 18.9 Å². The molecule has 0 amide bonds. The van der Waals surface area contributed by atoms with E-state index in [-0.39, 0.29) is 5.69 Å². The Morgan fingerprint density at radius 3 is 1.79 bits per heavy atom. The topological polar surface area (TPSA) is 108 Å². The van der Waals surface area contributed by atoms with Crippen molar-refractivity contribution in [2.45, 2.75) is 77.6 Å². The smallest absolute Gasteiger partial charge is 0.304 e. The first kappa shape index (κ1) is 24.9. The predicted molar refractivity (Wildman–Crippen MR) is 112 cm³/mol. The summed E-state index contributed by atoms with van der Waals surface area (Å²) in [6.45, 7) is 13.8. The van der Waals surface area contributed by atoms with Gasteiger partial charge in [0, 0.05) is 12.1 Å². The molecule has 1 N–H and O–H groups in total. The molecule has 2 atom stereocenters. The Labute approximate surface area is 169 Å². The molecule has 0 heterocycles. The molecule has 1 rings (SSSR count). The van der Waals surface area contributed by atoms with Crippen molar-refractivity contribution in [3.63, 3.8) is 0 Å². The van der Waals surface area contributed by atoms with Gasteiger partial charge in [-0.3, -0.25) is 14.7 Å². The van der Waals surface area contributed by atoms with Gasteiger partial charge in [0.2, 0.25) is 0 Å². The summed E-state index contributed by atoms with van der Waals surface area (Å²) in [6, 6.07) is 5.57. The van der Waals surface area contributed by atoms with Gasteiger partial charge in [0.1, 0.15) is 0 Å². The Kier molecular flexibility index (Phi) is 8.13. The molecule has 0 fully saturated rings. The maximum Gasteiger partial charge on any atom is 0.356 e. The number of benzene rings is 1. The summed E-state index contributed by atoms with van der Waals surface area (Å²) < 4.78 is 40.7. The van der Waals surface area contributed by atoms with Crippen LogP contribution in [-0.2, 0) is 29.9 Å². The lowest BCUT2D eigenvalue weighted by Crippen LogP contribution is -2.47. The highest BCUT2D eigenvalue weighted by Crippen LogP contribution is 2.65. The Bertz CT molecular complexity index is 746. The van der Waals surface area contributed by atoms with Gasteiger partial charge in [-0.25, -0.2) is 8.93 Å². The van der Waals surface area contributed by atoms with Crippen LogP contribution >= 0.6 is 7.60 Å². The van der Waals surface area contributed by atoms with E-state index in [0.717, 1.165) is 0 Å². The van der Waals surface area contributed by atoms with Crippen LogP contribution in [0.1, 0.15) is 61.0 Å². The summed E-state index contributed by atoms with van der Waals surface area (Å²) >= 11 is 0. The summed E-state index contributed by atoms with van der Waals surface area (Å²) in [4.78, 5) is 10.5. The van der Waals surface area contributed by atoms with E-state index in [0.29, 0.717) is 5.56 Å². The van der Waals surface area contributed by atoms with Crippen LogP contribution in [0.5, 0.6) is 0 Å². The van der Waals surface area contributed by atoms with Gasteiger partial charge in [-0.05, 0) is 73.1 Å². The molecule has 0 saturated heterocycles. The number of nitro groups is 1. The molecule has 1 unspecified atom stereocenters. The molecule has 0 radical (unpaired) electrons. The van der Waals surface area contributed by atoms with Gasteiger partial charge < -0.3 is 9.05 Å². The number of hydrogen-bond donors (Lipinski definition) is 1. The predicted octanol–water partition coefficient (Wildman–Crippen LogP) is 4.86. The normalized spacial score (nSPS) is 16.2. The number of non-ortho nitro benzene ring substituents is 1. The average molecular weight is 434 g/mol. The summed E-state index contributed by atoms with van der Waals surface area (Å²) in [5.41, 5.74) is 0.313. The minimum Gasteiger partial charge on any atom is -0.304 e. The molecular weight excluding hydrogens is 403 g/mol. The Morgan fingerprint density at radius 2 is 1.46 bits per heavy atom. The molecule has 10 heteroatoms. The van der Waals surface area contributed by atoms with Crippen LogP contribution in [0.3, 0.4) is 0 Å². The van der Waals surface area contributed by atoms with Gasteiger partial charge in [0.15, 0.2) is 5.28 Å². The van der Waals surface area contributed by atoms with Crippen molar-refractivity contribution < 1.29 is 22.7 Å². The van der Waals surface area contributed by atoms with Crippen LogP contribution < -0.4 is 4.72 Å². The molecular formula is C18H31N2O6PS. The molecule has 0 aliphatic rings. The zero-order valence-corrected chi connectivity index (χ0v) is 19.4. The monoisotopic (exact) mass is 434 g/mol. The van der Waals surface area contributed by atoms with Crippen LogP contribution in [0.25, 0.3) is 0 Å². The third-order valence-corrected chi connectivity index (χ3v) is 8.46. The molecule has 1 aromatic carbocycles. The van der Waals surface area contributed by atoms with Crippen molar-refractivity contribution in [3.05, 3.63) is 39.9 Å². The second kappa shape index (κ2) is 9.13. The molecule has 0 saturated carbocycles. The Morgan fingerprint density at radius 1 is 1.04 bits per heavy atom. The van der Waals surface area contributed by atoms with Crippen LogP contribution in [-0.4, -0.2) is 26.1 Å². The van der Waals surface area contributed by atoms with Crippen molar-refractivity contribution in [2.75, 3.05) is 0 Å². The van der Waals surface area contributed by atoms with Gasteiger partial charge in [-0.2, -0.15) is 0 Å². The van der Waals surface area contributed by atoms with Crippen LogP contribution in [0.4, 0.5) is 5.69 Å². The van der Waals surface area contributed by atoms with Gasteiger partial charge in [-0.1, -0.05) is 0 Å². The van der Waals surface area contributed by atoms with Crippen molar-refractivity contribution >= 4 is 24.3 Å². The highest BCUT2D eigenvalue weighted by Gasteiger charge is 2.52. The maximum atomic E-state index is 14.0. The summed E-state index contributed by atoms with van der Waals surface area (Å²) in [5.74, 6) is 0. The zero-order chi connectivity index (χ0) is 21.9. The lowest BCUT2D eigenvalue weighted by Gasteiger charge is -2.40. The Balaban J connectivity index is 3.62. The first-order valence-electron chi connectivity index (χ1n) is 9.04. The minimum absolute atomic E-state index is 0.104. The lowest BCUT2D eigenvalue weighted by atomic mass is 10.1. The number of nitro benzene ring substituents is 1. The molecule has 160 valence electrons. The molecule has 0 aliphatic heterocycles. The molecule has 0 aliphatic carbocycles. The molecule has 28 heavy (non-hydrogen) atoms. The second-order valence-electron chi connectivity index (χ2n) is 8.17. The number of rotatable bonds is 9. The van der Waals surface area contributed by atoms with E-state index < -0.39 is 45.7 Å². The molecule has 0 spiro atoms. The number of nitrogens with zero attached hydrogens (tertiary/aromatic N) is 1. The standard InChI is InChI=1S/C18H31N2O6PS/c1-13(2)25-27(23,26-14(3)4)18(8,19-28(24)17(5,6)7)15-9-11-16(12-10-15)20(21)22/h9-14,19H,1-8H3/t18-,28?/m1/s1. The van der Waals surface area contributed by atoms with E-state index >= 15 is 0 Å². The minimum atomic E-state index is -3.91. The van der Waals surface area contributed by atoms with E-state index in [4.69, 9.17) is 9.05 Å². The maximum absolute atomic E-state index is 14.0. The first-order chi connectivity index (χ1) is 12.6. The van der Waals surface area contributed by atoms with Crippen molar-refractivity contribution in [3.8, 4) is 0 Å². The molecule has 0 aromatic heterocycles. The third kappa shape index (κ3) is 5.94. The van der Waals surface area contributed by atoms with Gasteiger partial charge in [0.05, 0.1) is 32.9 Å². The van der Waals surface area contributed by atoms with Crippen molar-refractivity contribution in [1.82, 2.24) is 4.72 Å². The first-order valence-corrected chi connectivity index (χ1v) is 11.7. The molecule has 8 nitrogen and oxygen atoms in total. The fourth-order valence-corrected chi connectivity index (χ4v) is 5.83. The fraction of sp³-hybridized carbons (Fsp3) is 0.667. The second-order valence-corrected chi connectivity index (χ2v) is 12.4. The largest absolute Gasteiger partial charge is 0.356 e.